The minimum absolute atomic E-state index is 0.505. The molecule has 0 aliphatic heterocycles. The Balaban J connectivity index is 1.64. The molecule has 3 nitrogen and oxygen atoms in total. The van der Waals surface area contributed by atoms with Crippen LogP contribution in [0.3, 0.4) is 0 Å². The third-order valence-electron chi connectivity index (χ3n) is 4.96. The molecule has 1 heterocycles. The van der Waals surface area contributed by atoms with Crippen LogP contribution in [-0.4, -0.2) is 30.6 Å². The Morgan fingerprint density at radius 3 is 2.75 bits per heavy atom. The summed E-state index contributed by atoms with van der Waals surface area (Å²) in [6.45, 7) is 6.72. The Kier molecular flexibility index (Phi) is 4.47. The molecule has 20 heavy (non-hydrogen) atoms. The maximum atomic E-state index is 5.56. The van der Waals surface area contributed by atoms with Gasteiger partial charge >= 0.3 is 0 Å². The molecule has 0 atom stereocenters. The van der Waals surface area contributed by atoms with Gasteiger partial charge in [0.25, 0.3) is 0 Å². The van der Waals surface area contributed by atoms with E-state index in [0.29, 0.717) is 5.41 Å². The standard InChI is InChI=1S/C17H28N2O/c1-2-18-13-17(9-3-4-10-17)14-19(15-7-8-15)12-16-6-5-11-20-16/h5-6,11,15,18H,2-4,7-10,12-14H2,1H3. The number of hydrogen-bond acceptors (Lipinski definition) is 3. The summed E-state index contributed by atoms with van der Waals surface area (Å²) in [4.78, 5) is 2.68. The number of hydrogen-bond donors (Lipinski definition) is 1. The molecule has 2 aliphatic carbocycles. The van der Waals surface area contributed by atoms with Crippen molar-refractivity contribution in [2.75, 3.05) is 19.6 Å². The van der Waals surface area contributed by atoms with Gasteiger partial charge in [0.15, 0.2) is 0 Å². The first-order valence-corrected chi connectivity index (χ1v) is 8.28. The van der Waals surface area contributed by atoms with Crippen molar-refractivity contribution in [2.45, 2.75) is 58.0 Å². The second-order valence-electron chi connectivity index (χ2n) is 6.70. The van der Waals surface area contributed by atoms with Gasteiger partial charge in [0.1, 0.15) is 5.76 Å². The zero-order valence-electron chi connectivity index (χ0n) is 12.7. The maximum absolute atomic E-state index is 5.56. The van der Waals surface area contributed by atoms with E-state index in [9.17, 15) is 0 Å². The van der Waals surface area contributed by atoms with E-state index in [0.717, 1.165) is 24.9 Å². The van der Waals surface area contributed by atoms with E-state index in [1.54, 1.807) is 6.26 Å². The molecule has 3 rings (SSSR count). The molecule has 1 aromatic rings. The van der Waals surface area contributed by atoms with Gasteiger partial charge in [-0.15, -0.1) is 0 Å². The quantitative estimate of drug-likeness (QED) is 0.788. The van der Waals surface area contributed by atoms with Crippen molar-refractivity contribution in [3.63, 3.8) is 0 Å². The third kappa shape index (κ3) is 3.44. The second-order valence-corrected chi connectivity index (χ2v) is 6.70. The van der Waals surface area contributed by atoms with Gasteiger partial charge in [-0.2, -0.15) is 0 Å². The van der Waals surface area contributed by atoms with Crippen molar-refractivity contribution < 1.29 is 4.42 Å². The minimum Gasteiger partial charge on any atom is -0.468 e. The molecule has 0 radical (unpaired) electrons. The van der Waals surface area contributed by atoms with Crippen LogP contribution in [0, 0.1) is 5.41 Å². The van der Waals surface area contributed by atoms with Gasteiger partial charge in [-0.05, 0) is 49.8 Å². The molecule has 1 aromatic heterocycles. The SMILES string of the molecule is CCNCC1(CN(Cc2ccco2)C2CC2)CCCC1. The van der Waals surface area contributed by atoms with Crippen molar-refractivity contribution in [3.05, 3.63) is 24.2 Å². The summed E-state index contributed by atoms with van der Waals surface area (Å²) in [5.41, 5.74) is 0.505. The monoisotopic (exact) mass is 276 g/mol. The molecule has 0 amide bonds. The molecule has 0 saturated heterocycles. The number of nitrogens with zero attached hydrogens (tertiary/aromatic N) is 1. The molecule has 2 fully saturated rings. The predicted molar refractivity (Wildman–Crippen MR) is 81.6 cm³/mol. The zero-order valence-corrected chi connectivity index (χ0v) is 12.7. The Hall–Kier alpha value is -0.800. The van der Waals surface area contributed by atoms with Crippen molar-refractivity contribution in [3.8, 4) is 0 Å². The van der Waals surface area contributed by atoms with Gasteiger partial charge in [0.05, 0.1) is 12.8 Å². The first-order valence-electron chi connectivity index (χ1n) is 8.28. The lowest BCUT2D eigenvalue weighted by molar-refractivity contribution is 0.129. The van der Waals surface area contributed by atoms with Crippen LogP contribution in [0.1, 0.15) is 51.2 Å². The van der Waals surface area contributed by atoms with Crippen LogP contribution in [0.15, 0.2) is 22.8 Å². The Morgan fingerprint density at radius 1 is 1.35 bits per heavy atom. The van der Waals surface area contributed by atoms with Crippen LogP contribution >= 0.6 is 0 Å². The summed E-state index contributed by atoms with van der Waals surface area (Å²) < 4.78 is 5.56. The van der Waals surface area contributed by atoms with Gasteiger partial charge in [0, 0.05) is 19.1 Å². The summed E-state index contributed by atoms with van der Waals surface area (Å²) in [5, 5.41) is 3.60. The van der Waals surface area contributed by atoms with Crippen molar-refractivity contribution in [1.29, 1.82) is 0 Å². The molecule has 2 saturated carbocycles. The molecule has 0 aromatic carbocycles. The first-order chi connectivity index (χ1) is 9.81. The fourth-order valence-corrected chi connectivity index (χ4v) is 3.69. The highest BCUT2D eigenvalue weighted by Crippen LogP contribution is 2.41. The highest BCUT2D eigenvalue weighted by molar-refractivity contribution is 5.01. The highest BCUT2D eigenvalue weighted by Gasteiger charge is 2.39. The lowest BCUT2D eigenvalue weighted by atomic mass is 9.85. The topological polar surface area (TPSA) is 28.4 Å². The summed E-state index contributed by atoms with van der Waals surface area (Å²) in [5.74, 6) is 1.12. The van der Waals surface area contributed by atoms with Crippen LogP contribution in [-0.2, 0) is 6.54 Å². The Morgan fingerprint density at radius 2 is 2.15 bits per heavy atom. The van der Waals surface area contributed by atoms with E-state index in [1.807, 2.05) is 6.07 Å². The molecule has 2 aliphatic rings. The van der Waals surface area contributed by atoms with Crippen LogP contribution in [0.5, 0.6) is 0 Å². The fraction of sp³-hybridized carbons (Fsp3) is 0.765. The largest absolute Gasteiger partial charge is 0.468 e. The molecular weight excluding hydrogens is 248 g/mol. The summed E-state index contributed by atoms with van der Waals surface area (Å²) >= 11 is 0. The summed E-state index contributed by atoms with van der Waals surface area (Å²) in [6.07, 6.45) is 10.1. The molecular formula is C17H28N2O. The van der Waals surface area contributed by atoms with E-state index in [1.165, 1.54) is 51.6 Å². The normalized spacial score (nSPS) is 21.7. The lowest BCUT2D eigenvalue weighted by Gasteiger charge is -2.35. The fourth-order valence-electron chi connectivity index (χ4n) is 3.69. The average Bonchev–Trinajstić information content (AvgIpc) is 2.99. The molecule has 0 bridgehead atoms. The van der Waals surface area contributed by atoms with Crippen LogP contribution in [0.2, 0.25) is 0 Å². The molecule has 112 valence electrons. The predicted octanol–water partition coefficient (Wildman–Crippen LogP) is 3.41. The van der Waals surface area contributed by atoms with Crippen molar-refractivity contribution in [1.82, 2.24) is 10.2 Å². The molecule has 0 spiro atoms. The van der Waals surface area contributed by atoms with Gasteiger partial charge in [-0.1, -0.05) is 19.8 Å². The van der Waals surface area contributed by atoms with Gasteiger partial charge < -0.3 is 9.73 Å². The third-order valence-corrected chi connectivity index (χ3v) is 4.96. The van der Waals surface area contributed by atoms with E-state index in [-0.39, 0.29) is 0 Å². The van der Waals surface area contributed by atoms with E-state index < -0.39 is 0 Å². The number of rotatable bonds is 8. The minimum atomic E-state index is 0.505. The second kappa shape index (κ2) is 6.31. The highest BCUT2D eigenvalue weighted by atomic mass is 16.3. The van der Waals surface area contributed by atoms with E-state index in [2.05, 4.69) is 23.2 Å². The maximum Gasteiger partial charge on any atom is 0.117 e. The smallest absolute Gasteiger partial charge is 0.117 e. The zero-order chi connectivity index (χ0) is 13.8. The van der Waals surface area contributed by atoms with Gasteiger partial charge in [-0.3, -0.25) is 4.90 Å². The Bertz CT molecular complexity index is 391. The van der Waals surface area contributed by atoms with Gasteiger partial charge in [0.2, 0.25) is 0 Å². The van der Waals surface area contributed by atoms with Crippen LogP contribution < -0.4 is 5.32 Å². The van der Waals surface area contributed by atoms with Crippen LogP contribution in [0.25, 0.3) is 0 Å². The molecule has 0 unspecified atom stereocenters. The first kappa shape index (κ1) is 14.2. The molecule has 1 N–H and O–H groups in total. The summed E-state index contributed by atoms with van der Waals surface area (Å²) in [6, 6.07) is 4.92. The van der Waals surface area contributed by atoms with Crippen molar-refractivity contribution >= 4 is 0 Å². The summed E-state index contributed by atoms with van der Waals surface area (Å²) in [7, 11) is 0. The number of furan rings is 1. The van der Waals surface area contributed by atoms with E-state index in [4.69, 9.17) is 4.42 Å². The molecule has 3 heteroatoms. The van der Waals surface area contributed by atoms with Crippen molar-refractivity contribution in [2.24, 2.45) is 5.41 Å². The van der Waals surface area contributed by atoms with Gasteiger partial charge in [-0.25, -0.2) is 0 Å². The Labute approximate surface area is 122 Å². The van der Waals surface area contributed by atoms with Crippen LogP contribution in [0.4, 0.5) is 0 Å². The average molecular weight is 276 g/mol. The lowest BCUT2D eigenvalue weighted by Crippen LogP contribution is -2.43. The van der Waals surface area contributed by atoms with E-state index >= 15 is 0 Å². The number of nitrogens with one attached hydrogen (secondary N) is 1.